The van der Waals surface area contributed by atoms with Crippen LogP contribution in [0.25, 0.3) is 0 Å². The number of aryl methyl sites for hydroxylation is 2. The van der Waals surface area contributed by atoms with Crippen LogP contribution in [-0.2, 0) is 19.5 Å². The van der Waals surface area contributed by atoms with Gasteiger partial charge in [0.05, 0.1) is 6.04 Å². The fourth-order valence-electron chi connectivity index (χ4n) is 4.11. The molecule has 26 heavy (non-hydrogen) atoms. The lowest BCUT2D eigenvalue weighted by Gasteiger charge is -2.31. The van der Waals surface area contributed by atoms with Crippen LogP contribution >= 0.6 is 11.6 Å². The van der Waals surface area contributed by atoms with E-state index in [1.807, 2.05) is 12.1 Å². The highest BCUT2D eigenvalue weighted by Crippen LogP contribution is 2.34. The second-order valence-corrected chi connectivity index (χ2v) is 7.46. The number of hydrogen-bond acceptors (Lipinski definition) is 1. The van der Waals surface area contributed by atoms with Gasteiger partial charge in [-0.25, -0.2) is 0 Å². The number of benzene rings is 2. The van der Waals surface area contributed by atoms with Crippen LogP contribution in [0.3, 0.4) is 0 Å². The van der Waals surface area contributed by atoms with Crippen LogP contribution in [0, 0.1) is 0 Å². The van der Waals surface area contributed by atoms with Crippen molar-refractivity contribution in [3.8, 4) is 0 Å². The Balaban J connectivity index is 1.74. The summed E-state index contributed by atoms with van der Waals surface area (Å²) in [6.07, 6.45) is 4.45. The topological polar surface area (TPSA) is 8.17 Å². The van der Waals surface area contributed by atoms with Crippen LogP contribution in [-0.4, -0.2) is 16.0 Å². The van der Waals surface area contributed by atoms with E-state index >= 15 is 0 Å². The van der Waals surface area contributed by atoms with Gasteiger partial charge in [0, 0.05) is 36.5 Å². The fraction of sp³-hybridized carbons (Fsp3) is 0.304. The zero-order valence-corrected chi connectivity index (χ0v) is 16.0. The second-order valence-electron chi connectivity index (χ2n) is 7.03. The molecular formula is C23H25ClN2. The molecule has 0 unspecified atom stereocenters. The van der Waals surface area contributed by atoms with Crippen molar-refractivity contribution >= 4 is 11.6 Å². The zero-order chi connectivity index (χ0) is 17.9. The molecule has 134 valence electrons. The van der Waals surface area contributed by atoms with Gasteiger partial charge in [-0.05, 0) is 53.8 Å². The third kappa shape index (κ3) is 3.44. The maximum absolute atomic E-state index is 6.15. The molecule has 1 aromatic heterocycles. The lowest BCUT2D eigenvalue weighted by Crippen LogP contribution is -2.29. The molecule has 2 aromatic carbocycles. The van der Waals surface area contributed by atoms with E-state index in [9.17, 15) is 0 Å². The highest BCUT2D eigenvalue weighted by molar-refractivity contribution is 6.30. The fourth-order valence-corrected chi connectivity index (χ4v) is 4.24. The molecule has 1 atom stereocenters. The van der Waals surface area contributed by atoms with E-state index in [1.165, 1.54) is 28.8 Å². The molecule has 3 heteroatoms. The van der Waals surface area contributed by atoms with Crippen LogP contribution in [0.1, 0.15) is 41.8 Å². The number of fused-ring (bicyclic) bond motifs is 1. The molecule has 2 heterocycles. The van der Waals surface area contributed by atoms with Crippen molar-refractivity contribution in [1.82, 2.24) is 9.47 Å². The maximum Gasteiger partial charge on any atom is 0.0759 e. The molecule has 0 spiro atoms. The summed E-state index contributed by atoms with van der Waals surface area (Å²) in [4.78, 5) is 2.62. The Bertz CT molecular complexity index is 866. The molecule has 0 saturated heterocycles. The largest absolute Gasteiger partial charge is 0.350 e. The minimum absolute atomic E-state index is 0.259. The second kappa shape index (κ2) is 7.69. The van der Waals surface area contributed by atoms with Crippen LogP contribution in [0.15, 0.2) is 66.9 Å². The molecule has 3 aromatic rings. The van der Waals surface area contributed by atoms with Crippen LogP contribution < -0.4 is 0 Å². The van der Waals surface area contributed by atoms with E-state index in [0.717, 1.165) is 31.1 Å². The van der Waals surface area contributed by atoms with Crippen molar-refractivity contribution in [3.63, 3.8) is 0 Å². The van der Waals surface area contributed by atoms with Gasteiger partial charge in [0.2, 0.25) is 0 Å². The molecule has 2 nitrogen and oxygen atoms in total. The standard InChI is InChI=1S/C23H25ClN2/c1-2-18-7-3-4-8-20(18)17-26-16-6-15-25-14-5-9-22(25)23(26)19-10-12-21(24)13-11-19/h3-5,7-14,23H,2,6,15-17H2,1H3/t23-/m1/s1. The average molecular weight is 365 g/mol. The van der Waals surface area contributed by atoms with Gasteiger partial charge < -0.3 is 4.57 Å². The molecule has 0 N–H and O–H groups in total. The van der Waals surface area contributed by atoms with E-state index in [1.54, 1.807) is 0 Å². The first-order chi connectivity index (χ1) is 12.8. The molecule has 0 radical (unpaired) electrons. The first-order valence-corrected chi connectivity index (χ1v) is 9.85. The SMILES string of the molecule is CCc1ccccc1CN1CCCn2cccc2[C@H]1c1ccc(Cl)cc1. The summed E-state index contributed by atoms with van der Waals surface area (Å²) in [5.74, 6) is 0. The minimum Gasteiger partial charge on any atom is -0.350 e. The third-order valence-corrected chi connectivity index (χ3v) is 5.66. The van der Waals surface area contributed by atoms with Crippen molar-refractivity contribution in [2.75, 3.05) is 6.54 Å². The smallest absolute Gasteiger partial charge is 0.0759 e. The van der Waals surface area contributed by atoms with Crippen molar-refractivity contribution in [3.05, 3.63) is 94.3 Å². The van der Waals surface area contributed by atoms with E-state index in [2.05, 4.69) is 71.1 Å². The molecule has 0 bridgehead atoms. The summed E-state index contributed by atoms with van der Waals surface area (Å²) in [6.45, 7) is 5.39. The van der Waals surface area contributed by atoms with Gasteiger partial charge in [-0.1, -0.05) is 54.9 Å². The van der Waals surface area contributed by atoms with E-state index in [4.69, 9.17) is 11.6 Å². The summed E-state index contributed by atoms with van der Waals surface area (Å²) in [5, 5.41) is 0.792. The number of hydrogen-bond donors (Lipinski definition) is 0. The molecule has 0 amide bonds. The Morgan fingerprint density at radius 2 is 1.69 bits per heavy atom. The van der Waals surface area contributed by atoms with Gasteiger partial charge in [-0.3, -0.25) is 4.90 Å². The molecule has 1 aliphatic heterocycles. The van der Waals surface area contributed by atoms with Crippen molar-refractivity contribution < 1.29 is 0 Å². The van der Waals surface area contributed by atoms with Gasteiger partial charge in [0.25, 0.3) is 0 Å². The van der Waals surface area contributed by atoms with Gasteiger partial charge in [0.1, 0.15) is 0 Å². The van der Waals surface area contributed by atoms with Gasteiger partial charge in [0.15, 0.2) is 0 Å². The number of rotatable bonds is 4. The van der Waals surface area contributed by atoms with E-state index in [0.29, 0.717) is 0 Å². The maximum atomic E-state index is 6.15. The Morgan fingerprint density at radius 3 is 2.46 bits per heavy atom. The van der Waals surface area contributed by atoms with Crippen molar-refractivity contribution in [2.24, 2.45) is 0 Å². The zero-order valence-electron chi connectivity index (χ0n) is 15.2. The monoisotopic (exact) mass is 364 g/mol. The third-order valence-electron chi connectivity index (χ3n) is 5.41. The highest BCUT2D eigenvalue weighted by Gasteiger charge is 2.27. The van der Waals surface area contributed by atoms with Crippen LogP contribution in [0.5, 0.6) is 0 Å². The van der Waals surface area contributed by atoms with Crippen molar-refractivity contribution in [2.45, 2.75) is 38.9 Å². The lowest BCUT2D eigenvalue weighted by molar-refractivity contribution is 0.220. The first kappa shape index (κ1) is 17.4. The number of aromatic nitrogens is 1. The van der Waals surface area contributed by atoms with E-state index < -0.39 is 0 Å². The molecule has 1 aliphatic rings. The summed E-state index contributed by atoms with van der Waals surface area (Å²) in [6, 6.07) is 21.9. The minimum atomic E-state index is 0.259. The summed E-state index contributed by atoms with van der Waals surface area (Å²) in [7, 11) is 0. The lowest BCUT2D eigenvalue weighted by atomic mass is 9.99. The Labute approximate surface area is 161 Å². The molecule has 0 saturated carbocycles. The van der Waals surface area contributed by atoms with Gasteiger partial charge in [-0.15, -0.1) is 0 Å². The molecule has 0 fully saturated rings. The predicted octanol–water partition coefficient (Wildman–Crippen LogP) is 5.70. The van der Waals surface area contributed by atoms with Crippen LogP contribution in [0.4, 0.5) is 0 Å². The average Bonchev–Trinajstić information content (AvgIpc) is 3.05. The molecule has 0 aliphatic carbocycles. The first-order valence-electron chi connectivity index (χ1n) is 9.47. The summed E-state index contributed by atoms with van der Waals surface area (Å²) in [5.41, 5.74) is 5.57. The van der Waals surface area contributed by atoms with Crippen molar-refractivity contribution in [1.29, 1.82) is 0 Å². The number of halogens is 1. The van der Waals surface area contributed by atoms with Crippen LogP contribution in [0.2, 0.25) is 5.02 Å². The summed E-state index contributed by atoms with van der Waals surface area (Å²) < 4.78 is 2.41. The Kier molecular flexibility index (Phi) is 5.14. The molecule has 4 rings (SSSR count). The Hall–Kier alpha value is -2.03. The van der Waals surface area contributed by atoms with Gasteiger partial charge >= 0.3 is 0 Å². The number of nitrogens with zero attached hydrogens (tertiary/aromatic N) is 2. The summed E-state index contributed by atoms with van der Waals surface area (Å²) >= 11 is 6.15. The Morgan fingerprint density at radius 1 is 0.923 bits per heavy atom. The quantitative estimate of drug-likeness (QED) is 0.576. The normalized spacial score (nSPS) is 17.7. The van der Waals surface area contributed by atoms with Gasteiger partial charge in [-0.2, -0.15) is 0 Å². The highest BCUT2D eigenvalue weighted by atomic mass is 35.5. The predicted molar refractivity (Wildman–Crippen MR) is 109 cm³/mol. The molecular weight excluding hydrogens is 340 g/mol. The van der Waals surface area contributed by atoms with E-state index in [-0.39, 0.29) is 6.04 Å².